The fourth-order valence-electron chi connectivity index (χ4n) is 1.25. The number of carbonyl (C=O) groups excluding carboxylic acids is 2. The van der Waals surface area contributed by atoms with Crippen LogP contribution in [0.1, 0.15) is 31.8 Å². The Kier molecular flexibility index (Phi) is 3.61. The Labute approximate surface area is 98.9 Å². The quantitative estimate of drug-likeness (QED) is 0.782. The molecular formula is C10H8Br2O2. The molecule has 0 unspecified atom stereocenters. The second-order valence-corrected chi connectivity index (χ2v) is 4.53. The summed E-state index contributed by atoms with van der Waals surface area (Å²) in [4.78, 5) is 21.6. The number of benzene rings is 1. The van der Waals surface area contributed by atoms with Crippen LogP contribution in [-0.2, 0) is 0 Å². The van der Waals surface area contributed by atoms with E-state index in [-0.39, 0.29) is 0 Å². The molecule has 0 aliphatic rings. The third-order valence-corrected chi connectivity index (χ3v) is 4.22. The van der Waals surface area contributed by atoms with Crippen LogP contribution >= 0.6 is 31.9 Å². The van der Waals surface area contributed by atoms with Gasteiger partial charge in [-0.3, -0.25) is 9.59 Å². The maximum absolute atomic E-state index is 10.8. The Morgan fingerprint density at radius 3 is 1.50 bits per heavy atom. The first-order chi connectivity index (χ1) is 6.54. The van der Waals surface area contributed by atoms with Crippen molar-refractivity contribution in [3.8, 4) is 0 Å². The fraction of sp³-hybridized carbons (Fsp3) is 0.200. The highest BCUT2D eigenvalue weighted by Crippen LogP contribution is 2.33. The van der Waals surface area contributed by atoms with Crippen molar-refractivity contribution in [1.82, 2.24) is 0 Å². The molecule has 0 saturated carbocycles. The zero-order valence-electron chi connectivity index (χ0n) is 7.73. The molecule has 0 amide bonds. The van der Waals surface area contributed by atoms with Gasteiger partial charge < -0.3 is 0 Å². The zero-order valence-corrected chi connectivity index (χ0v) is 10.9. The number of hydrogen-bond acceptors (Lipinski definition) is 2. The molecule has 0 N–H and O–H groups in total. The summed E-state index contributed by atoms with van der Waals surface area (Å²) in [6.07, 6.45) is 1.51. The second-order valence-electron chi connectivity index (χ2n) is 2.94. The molecule has 0 bridgehead atoms. The van der Waals surface area contributed by atoms with E-state index in [0.717, 1.165) is 27.1 Å². The molecule has 1 rings (SSSR count). The Bertz CT molecular complexity index is 376. The molecule has 14 heavy (non-hydrogen) atoms. The van der Waals surface area contributed by atoms with Gasteiger partial charge in [0.15, 0.2) is 12.6 Å². The summed E-state index contributed by atoms with van der Waals surface area (Å²) in [6, 6.07) is 0. The van der Waals surface area contributed by atoms with Crippen LogP contribution in [0.5, 0.6) is 0 Å². The number of halogens is 2. The Morgan fingerprint density at radius 2 is 1.21 bits per heavy atom. The number of rotatable bonds is 2. The van der Waals surface area contributed by atoms with Gasteiger partial charge in [0, 0.05) is 20.1 Å². The molecule has 0 radical (unpaired) electrons. The van der Waals surface area contributed by atoms with E-state index in [1.54, 1.807) is 6.92 Å². The standard InChI is InChI=1S/C10H8Br2O2/c1-5-7(3-13)9(11)6(2)10(12)8(5)4-14/h3-4H,1-2H3. The highest BCUT2D eigenvalue weighted by atomic mass is 79.9. The fourth-order valence-corrected chi connectivity index (χ4v) is 2.70. The van der Waals surface area contributed by atoms with E-state index >= 15 is 0 Å². The van der Waals surface area contributed by atoms with Crippen molar-refractivity contribution in [3.05, 3.63) is 31.2 Å². The molecule has 0 aliphatic carbocycles. The average Bonchev–Trinajstić information content (AvgIpc) is 2.16. The minimum absolute atomic E-state index is 0.535. The largest absolute Gasteiger partial charge is 0.298 e. The van der Waals surface area contributed by atoms with E-state index in [2.05, 4.69) is 31.9 Å². The first kappa shape index (κ1) is 11.6. The predicted octanol–water partition coefficient (Wildman–Crippen LogP) is 3.45. The molecule has 0 heterocycles. The summed E-state index contributed by atoms with van der Waals surface area (Å²) >= 11 is 6.66. The van der Waals surface area contributed by atoms with Crippen molar-refractivity contribution in [1.29, 1.82) is 0 Å². The summed E-state index contributed by atoms with van der Waals surface area (Å²) in [5, 5.41) is 0. The van der Waals surface area contributed by atoms with Gasteiger partial charge in [-0.05, 0) is 56.8 Å². The lowest BCUT2D eigenvalue weighted by atomic mass is 10.0. The molecule has 0 atom stereocenters. The lowest BCUT2D eigenvalue weighted by Crippen LogP contribution is -1.99. The van der Waals surface area contributed by atoms with Gasteiger partial charge in [0.2, 0.25) is 0 Å². The zero-order chi connectivity index (χ0) is 10.9. The summed E-state index contributed by atoms with van der Waals surface area (Å²) < 4.78 is 1.48. The molecule has 0 aromatic heterocycles. The monoisotopic (exact) mass is 318 g/mol. The van der Waals surface area contributed by atoms with Gasteiger partial charge in [-0.25, -0.2) is 0 Å². The van der Waals surface area contributed by atoms with Crippen LogP contribution in [0.4, 0.5) is 0 Å². The van der Waals surface area contributed by atoms with E-state index in [9.17, 15) is 9.59 Å². The Balaban J connectivity index is 3.72. The topological polar surface area (TPSA) is 34.1 Å². The van der Waals surface area contributed by atoms with Crippen LogP contribution in [0.3, 0.4) is 0 Å². The average molecular weight is 320 g/mol. The van der Waals surface area contributed by atoms with Crippen molar-refractivity contribution in [2.24, 2.45) is 0 Å². The van der Waals surface area contributed by atoms with Crippen LogP contribution in [0.15, 0.2) is 8.95 Å². The van der Waals surface area contributed by atoms with E-state index < -0.39 is 0 Å². The van der Waals surface area contributed by atoms with Crippen molar-refractivity contribution in [2.75, 3.05) is 0 Å². The Hall–Kier alpha value is -0.480. The van der Waals surface area contributed by atoms with Crippen LogP contribution in [0.2, 0.25) is 0 Å². The molecular weight excluding hydrogens is 312 g/mol. The normalized spacial score (nSPS) is 10.0. The lowest BCUT2D eigenvalue weighted by Gasteiger charge is -2.11. The molecule has 1 aromatic carbocycles. The van der Waals surface area contributed by atoms with Crippen LogP contribution in [0, 0.1) is 13.8 Å². The van der Waals surface area contributed by atoms with Crippen molar-refractivity contribution in [3.63, 3.8) is 0 Å². The summed E-state index contributed by atoms with van der Waals surface area (Å²) in [5.41, 5.74) is 2.62. The van der Waals surface area contributed by atoms with E-state index in [1.165, 1.54) is 0 Å². The van der Waals surface area contributed by atoms with Gasteiger partial charge in [-0.1, -0.05) is 0 Å². The van der Waals surface area contributed by atoms with Gasteiger partial charge in [0.05, 0.1) is 0 Å². The number of aldehydes is 2. The van der Waals surface area contributed by atoms with Gasteiger partial charge in [0.25, 0.3) is 0 Å². The van der Waals surface area contributed by atoms with Crippen molar-refractivity contribution < 1.29 is 9.59 Å². The minimum atomic E-state index is 0.535. The lowest BCUT2D eigenvalue weighted by molar-refractivity contribution is 0.112. The highest BCUT2D eigenvalue weighted by Gasteiger charge is 2.15. The SMILES string of the molecule is Cc1c(Br)c(C=O)c(C)c(C=O)c1Br. The summed E-state index contributed by atoms with van der Waals surface area (Å²) in [7, 11) is 0. The second kappa shape index (κ2) is 4.36. The van der Waals surface area contributed by atoms with Gasteiger partial charge >= 0.3 is 0 Å². The van der Waals surface area contributed by atoms with Crippen LogP contribution in [-0.4, -0.2) is 12.6 Å². The molecule has 74 valence electrons. The first-order valence-electron chi connectivity index (χ1n) is 3.93. The molecule has 0 fully saturated rings. The van der Waals surface area contributed by atoms with Crippen molar-refractivity contribution >= 4 is 44.4 Å². The van der Waals surface area contributed by atoms with E-state index in [1.807, 2.05) is 6.92 Å². The van der Waals surface area contributed by atoms with Crippen LogP contribution < -0.4 is 0 Å². The van der Waals surface area contributed by atoms with Crippen molar-refractivity contribution in [2.45, 2.75) is 13.8 Å². The molecule has 0 saturated heterocycles. The molecule has 0 spiro atoms. The van der Waals surface area contributed by atoms with Gasteiger partial charge in [0.1, 0.15) is 0 Å². The third-order valence-electron chi connectivity index (χ3n) is 2.18. The minimum Gasteiger partial charge on any atom is -0.298 e. The Morgan fingerprint density at radius 1 is 0.857 bits per heavy atom. The molecule has 0 aliphatic heterocycles. The van der Waals surface area contributed by atoms with Crippen LogP contribution in [0.25, 0.3) is 0 Å². The first-order valence-corrected chi connectivity index (χ1v) is 5.51. The summed E-state index contributed by atoms with van der Waals surface area (Å²) in [5.74, 6) is 0. The summed E-state index contributed by atoms with van der Waals surface area (Å²) in [6.45, 7) is 3.59. The maximum Gasteiger partial charge on any atom is 0.151 e. The number of hydrogen-bond donors (Lipinski definition) is 0. The molecule has 4 heteroatoms. The van der Waals surface area contributed by atoms with E-state index in [4.69, 9.17) is 0 Å². The maximum atomic E-state index is 10.8. The highest BCUT2D eigenvalue weighted by molar-refractivity contribution is 9.11. The van der Waals surface area contributed by atoms with Gasteiger partial charge in [-0.15, -0.1) is 0 Å². The van der Waals surface area contributed by atoms with Gasteiger partial charge in [-0.2, -0.15) is 0 Å². The molecule has 2 nitrogen and oxygen atoms in total. The third kappa shape index (κ3) is 1.68. The smallest absolute Gasteiger partial charge is 0.151 e. The number of carbonyl (C=O) groups is 2. The molecule has 1 aromatic rings. The predicted molar refractivity (Wildman–Crippen MR) is 62.1 cm³/mol. The van der Waals surface area contributed by atoms with E-state index in [0.29, 0.717) is 16.7 Å².